The van der Waals surface area contributed by atoms with Crippen LogP contribution < -0.4 is 10.1 Å². The van der Waals surface area contributed by atoms with E-state index in [0.29, 0.717) is 31.1 Å². The highest BCUT2D eigenvalue weighted by Crippen LogP contribution is 2.28. The van der Waals surface area contributed by atoms with Gasteiger partial charge in [-0.15, -0.1) is 0 Å². The van der Waals surface area contributed by atoms with E-state index in [2.05, 4.69) is 5.32 Å². The highest BCUT2D eigenvalue weighted by atomic mass is 16.5. The van der Waals surface area contributed by atoms with E-state index in [1.165, 1.54) is 0 Å². The van der Waals surface area contributed by atoms with Crippen molar-refractivity contribution in [3.8, 4) is 5.75 Å². The molecule has 1 unspecified atom stereocenters. The van der Waals surface area contributed by atoms with Gasteiger partial charge in [-0.3, -0.25) is 9.59 Å². The zero-order chi connectivity index (χ0) is 17.4. The van der Waals surface area contributed by atoms with Gasteiger partial charge in [0.25, 0.3) is 5.91 Å². The molecule has 2 rings (SSSR count). The van der Waals surface area contributed by atoms with Crippen molar-refractivity contribution in [2.75, 3.05) is 18.5 Å². The second-order valence-corrected chi connectivity index (χ2v) is 5.86. The summed E-state index contributed by atoms with van der Waals surface area (Å²) in [6.07, 6.45) is 3.70. The third kappa shape index (κ3) is 5.53. The first-order chi connectivity index (χ1) is 11.6. The topological polar surface area (TPSA) is 84.9 Å². The number of ether oxygens (including phenoxy) is 2. The van der Waals surface area contributed by atoms with E-state index in [1.54, 1.807) is 0 Å². The third-order valence-electron chi connectivity index (χ3n) is 3.93. The Labute approximate surface area is 142 Å². The Morgan fingerprint density at radius 1 is 1.38 bits per heavy atom. The van der Waals surface area contributed by atoms with Crippen molar-refractivity contribution in [3.05, 3.63) is 23.8 Å². The molecule has 1 amide bonds. The molecular weight excluding hydrogens is 310 g/mol. The Balaban J connectivity index is 1.97. The van der Waals surface area contributed by atoms with Gasteiger partial charge in [0.2, 0.25) is 0 Å². The molecule has 1 atom stereocenters. The summed E-state index contributed by atoms with van der Waals surface area (Å²) in [5.41, 5.74) is 1.71. The first-order valence-electron chi connectivity index (χ1n) is 8.50. The molecule has 1 aromatic rings. The van der Waals surface area contributed by atoms with E-state index in [9.17, 15) is 9.59 Å². The highest BCUT2D eigenvalue weighted by molar-refractivity contribution is 5.95. The number of aliphatic carboxylic acids is 1. The maximum absolute atomic E-state index is 12.2. The Hall–Kier alpha value is -2.08. The molecule has 0 aromatic heterocycles. The number of carbonyl (C=O) groups excluding carboxylic acids is 1. The maximum Gasteiger partial charge on any atom is 0.303 e. The summed E-state index contributed by atoms with van der Waals surface area (Å²) in [6.45, 7) is 3.03. The average Bonchev–Trinajstić information content (AvgIpc) is 3.08. The molecule has 0 spiro atoms. The van der Waals surface area contributed by atoms with Gasteiger partial charge in [-0.25, -0.2) is 0 Å². The molecule has 6 nitrogen and oxygen atoms in total. The smallest absolute Gasteiger partial charge is 0.303 e. The lowest BCUT2D eigenvalue weighted by molar-refractivity contribution is -0.137. The maximum atomic E-state index is 12.2. The molecule has 6 heteroatoms. The Morgan fingerprint density at radius 2 is 2.21 bits per heavy atom. The minimum Gasteiger partial charge on any atom is -0.492 e. The number of hydrogen-bond donors (Lipinski definition) is 2. The van der Waals surface area contributed by atoms with Crippen LogP contribution in [0.5, 0.6) is 5.75 Å². The summed E-state index contributed by atoms with van der Waals surface area (Å²) < 4.78 is 11.0. The van der Waals surface area contributed by atoms with Gasteiger partial charge in [0.1, 0.15) is 11.9 Å². The molecule has 0 bridgehead atoms. The van der Waals surface area contributed by atoms with E-state index in [0.717, 1.165) is 31.2 Å². The molecule has 0 aliphatic carbocycles. The molecule has 132 valence electrons. The lowest BCUT2D eigenvalue weighted by atomic mass is 10.1. The summed E-state index contributed by atoms with van der Waals surface area (Å²) in [5, 5.41) is 11.5. The summed E-state index contributed by atoms with van der Waals surface area (Å²) in [4.78, 5) is 22.7. The van der Waals surface area contributed by atoms with Crippen LogP contribution in [0.25, 0.3) is 0 Å². The lowest BCUT2D eigenvalue weighted by Gasteiger charge is -2.15. The quantitative estimate of drug-likeness (QED) is 0.678. The first-order valence-corrected chi connectivity index (χ1v) is 8.50. The molecule has 1 saturated heterocycles. The van der Waals surface area contributed by atoms with Crippen molar-refractivity contribution in [1.82, 2.24) is 0 Å². The minimum atomic E-state index is -0.766. The van der Waals surface area contributed by atoms with Gasteiger partial charge in [-0.05, 0) is 56.7 Å². The van der Waals surface area contributed by atoms with Crippen LogP contribution in [0.1, 0.15) is 44.6 Å². The zero-order valence-electron chi connectivity index (χ0n) is 14.0. The Bertz CT molecular complexity index is 567. The van der Waals surface area contributed by atoms with E-state index >= 15 is 0 Å². The van der Waals surface area contributed by atoms with E-state index in [4.69, 9.17) is 14.6 Å². The zero-order valence-corrected chi connectivity index (χ0v) is 14.0. The van der Waals surface area contributed by atoms with Crippen molar-refractivity contribution >= 4 is 17.6 Å². The van der Waals surface area contributed by atoms with Crippen LogP contribution in [0.15, 0.2) is 18.2 Å². The average molecular weight is 335 g/mol. The van der Waals surface area contributed by atoms with Crippen molar-refractivity contribution in [2.45, 2.75) is 51.6 Å². The number of hydrogen-bond acceptors (Lipinski definition) is 4. The number of rotatable bonds is 9. The monoisotopic (exact) mass is 335 g/mol. The third-order valence-corrected chi connectivity index (χ3v) is 3.93. The summed E-state index contributed by atoms with van der Waals surface area (Å²) in [7, 11) is 0. The number of carboxylic acid groups (broad SMARTS) is 1. The molecule has 1 fully saturated rings. The fourth-order valence-electron chi connectivity index (χ4n) is 2.70. The summed E-state index contributed by atoms with van der Waals surface area (Å²) in [6, 6.07) is 5.69. The van der Waals surface area contributed by atoms with Crippen molar-refractivity contribution in [1.29, 1.82) is 0 Å². The number of unbranched alkanes of at least 4 members (excludes halogenated alkanes) is 1. The van der Waals surface area contributed by atoms with Crippen molar-refractivity contribution in [3.63, 3.8) is 0 Å². The summed E-state index contributed by atoms with van der Waals surface area (Å²) >= 11 is 0. The fourth-order valence-corrected chi connectivity index (χ4v) is 2.70. The van der Waals surface area contributed by atoms with E-state index in [-0.39, 0.29) is 18.4 Å². The van der Waals surface area contributed by atoms with Gasteiger partial charge < -0.3 is 19.9 Å². The normalized spacial score (nSPS) is 16.8. The van der Waals surface area contributed by atoms with Crippen LogP contribution in [0, 0.1) is 0 Å². The van der Waals surface area contributed by atoms with Gasteiger partial charge in [0.15, 0.2) is 0 Å². The Kier molecular flexibility index (Phi) is 7.06. The molecule has 1 heterocycles. The van der Waals surface area contributed by atoms with E-state index in [1.807, 2.05) is 25.1 Å². The Morgan fingerprint density at radius 3 is 2.88 bits per heavy atom. The van der Waals surface area contributed by atoms with Crippen LogP contribution in [0.3, 0.4) is 0 Å². The van der Waals surface area contributed by atoms with Gasteiger partial charge in [0, 0.05) is 13.0 Å². The van der Waals surface area contributed by atoms with Crippen LogP contribution in [-0.2, 0) is 20.7 Å². The number of carboxylic acids is 1. The molecule has 2 N–H and O–H groups in total. The molecule has 0 saturated carbocycles. The van der Waals surface area contributed by atoms with Gasteiger partial charge in [-0.2, -0.15) is 0 Å². The highest BCUT2D eigenvalue weighted by Gasteiger charge is 2.24. The second-order valence-electron chi connectivity index (χ2n) is 5.86. The first kappa shape index (κ1) is 18.3. The molecule has 1 aliphatic heterocycles. The fraction of sp³-hybridized carbons (Fsp3) is 0.556. The number of nitrogens with one attached hydrogen (secondary N) is 1. The molecule has 1 aromatic carbocycles. The van der Waals surface area contributed by atoms with Gasteiger partial charge >= 0.3 is 5.97 Å². The minimum absolute atomic E-state index is 0.136. The SMILES string of the molecule is CCOc1cc(CCCCC(=O)O)ccc1NC(=O)C1CCCO1. The predicted molar refractivity (Wildman–Crippen MR) is 90.4 cm³/mol. The molecule has 1 aliphatic rings. The van der Waals surface area contributed by atoms with Gasteiger partial charge in [-0.1, -0.05) is 6.07 Å². The number of anilines is 1. The number of benzene rings is 1. The van der Waals surface area contributed by atoms with Crippen molar-refractivity contribution < 1.29 is 24.2 Å². The molecular formula is C18H25NO5. The summed E-state index contributed by atoms with van der Waals surface area (Å²) in [5.74, 6) is -0.264. The molecule has 24 heavy (non-hydrogen) atoms. The van der Waals surface area contributed by atoms with Crippen LogP contribution >= 0.6 is 0 Å². The largest absolute Gasteiger partial charge is 0.492 e. The van der Waals surface area contributed by atoms with Crippen molar-refractivity contribution in [2.24, 2.45) is 0 Å². The number of amides is 1. The number of carbonyl (C=O) groups is 2. The standard InChI is InChI=1S/C18H25NO5/c1-2-23-16-12-13(6-3-4-8-17(20)21)9-10-14(16)19-18(22)15-7-5-11-24-15/h9-10,12,15H,2-8,11H2,1H3,(H,19,22)(H,20,21). The van der Waals surface area contributed by atoms with Crippen LogP contribution in [-0.4, -0.2) is 36.3 Å². The van der Waals surface area contributed by atoms with Gasteiger partial charge in [0.05, 0.1) is 12.3 Å². The second kappa shape index (κ2) is 9.27. The van der Waals surface area contributed by atoms with E-state index < -0.39 is 5.97 Å². The van der Waals surface area contributed by atoms with Crippen LogP contribution in [0.4, 0.5) is 5.69 Å². The van der Waals surface area contributed by atoms with Crippen LogP contribution in [0.2, 0.25) is 0 Å². The molecule has 0 radical (unpaired) electrons. The lowest BCUT2D eigenvalue weighted by Crippen LogP contribution is -2.27. The number of aryl methyl sites for hydroxylation is 1. The predicted octanol–water partition coefficient (Wildman–Crippen LogP) is 3.00.